The maximum Gasteiger partial charge on any atom is 0.246 e. The van der Waals surface area contributed by atoms with Crippen molar-refractivity contribution in [2.45, 2.75) is 4.90 Å². The third kappa shape index (κ3) is 5.54. The summed E-state index contributed by atoms with van der Waals surface area (Å²) in [5.74, 6) is 0. The Morgan fingerprint density at radius 2 is 1.27 bits per heavy atom. The van der Waals surface area contributed by atoms with Crippen molar-refractivity contribution in [2.75, 3.05) is 0 Å². The molecule has 88 valence electrons. The second kappa shape index (κ2) is 6.58. The van der Waals surface area contributed by atoms with Crippen molar-refractivity contribution in [3.63, 3.8) is 0 Å². The van der Waals surface area contributed by atoms with Gasteiger partial charge in [-0.05, 0) is 4.90 Å². The molecule has 0 aromatic heterocycles. The summed E-state index contributed by atoms with van der Waals surface area (Å²) in [5.41, 5.74) is 0. The summed E-state index contributed by atoms with van der Waals surface area (Å²) in [6.45, 7) is 0. The predicted octanol–water partition coefficient (Wildman–Crippen LogP) is 2.06. The molecule has 0 atom stereocenters. The molecule has 2 aromatic carbocycles. The van der Waals surface area contributed by atoms with Crippen LogP contribution in [0.1, 0.15) is 0 Å². The zero-order chi connectivity index (χ0) is 10.4. The molecule has 15 heavy (non-hydrogen) atoms. The number of hydrogen-bond donors (Lipinski definition) is 1. The molecular weight excluding hydrogens is 256 g/mol. The monoisotopic (exact) mass is 266 g/mol. The SMILES string of the molecule is O=S(=O)(O)[c-]1cccc1.[Fe].[cH-]1[cH-][cH-][cH-][cH-]1. The van der Waals surface area contributed by atoms with E-state index in [0.717, 1.165) is 0 Å². The van der Waals surface area contributed by atoms with Crippen molar-refractivity contribution < 1.29 is 30.0 Å². The van der Waals surface area contributed by atoms with Crippen LogP contribution in [0.4, 0.5) is 0 Å². The van der Waals surface area contributed by atoms with Gasteiger partial charge < -0.3 is 30.3 Å². The minimum atomic E-state index is -3.96. The Balaban J connectivity index is 0.000000280. The van der Waals surface area contributed by atoms with Crippen LogP contribution in [-0.4, -0.2) is 13.0 Å². The molecule has 0 aliphatic heterocycles. The van der Waals surface area contributed by atoms with Crippen molar-refractivity contribution in [2.24, 2.45) is 0 Å². The van der Waals surface area contributed by atoms with E-state index in [2.05, 4.69) is 0 Å². The normalized spacial score (nSPS) is 9.67. The fraction of sp³-hybridized carbons (Fsp3) is 0. The van der Waals surface area contributed by atoms with E-state index >= 15 is 0 Å². The van der Waals surface area contributed by atoms with Gasteiger partial charge in [0.2, 0.25) is 10.1 Å². The van der Waals surface area contributed by atoms with Crippen molar-refractivity contribution in [3.8, 4) is 0 Å². The van der Waals surface area contributed by atoms with Gasteiger partial charge in [0.05, 0.1) is 0 Å². The molecule has 0 aliphatic rings. The Bertz CT molecular complexity index is 412. The summed E-state index contributed by atoms with van der Waals surface area (Å²) in [6, 6.07) is 15.7. The Hall–Kier alpha value is -0.871. The molecular formula is C10H10FeO3S-6. The van der Waals surface area contributed by atoms with Crippen molar-refractivity contribution in [1.82, 2.24) is 0 Å². The molecule has 0 saturated carbocycles. The van der Waals surface area contributed by atoms with Gasteiger partial charge in [-0.25, -0.2) is 20.6 Å². The molecule has 2 rings (SSSR count). The average Bonchev–Trinajstić information content (AvgIpc) is 2.80. The van der Waals surface area contributed by atoms with Crippen molar-refractivity contribution >= 4 is 10.1 Å². The molecule has 5 heteroatoms. The summed E-state index contributed by atoms with van der Waals surface area (Å²) in [7, 11) is -3.96. The smallest absolute Gasteiger partial charge is 0.246 e. The quantitative estimate of drug-likeness (QED) is 0.488. The maximum atomic E-state index is 10.2. The van der Waals surface area contributed by atoms with Crippen LogP contribution >= 0.6 is 0 Å². The third-order valence-electron chi connectivity index (χ3n) is 1.49. The van der Waals surface area contributed by atoms with E-state index < -0.39 is 10.1 Å². The largest absolute Gasteiger partial charge is 0.748 e. The third-order valence-corrected chi connectivity index (χ3v) is 2.35. The van der Waals surface area contributed by atoms with Gasteiger partial charge in [0.25, 0.3) is 0 Å². The van der Waals surface area contributed by atoms with Gasteiger partial charge in [-0.2, -0.15) is 12.1 Å². The van der Waals surface area contributed by atoms with Gasteiger partial charge in [-0.3, -0.25) is 4.55 Å². The molecule has 0 unspecified atom stereocenters. The first-order chi connectivity index (χ1) is 6.61. The van der Waals surface area contributed by atoms with Gasteiger partial charge >= 0.3 is 0 Å². The van der Waals surface area contributed by atoms with Gasteiger partial charge in [0, 0.05) is 17.1 Å². The van der Waals surface area contributed by atoms with E-state index in [9.17, 15) is 8.42 Å². The zero-order valence-corrected chi connectivity index (χ0v) is 9.64. The van der Waals surface area contributed by atoms with Gasteiger partial charge in [-0.1, -0.05) is 0 Å². The van der Waals surface area contributed by atoms with Gasteiger partial charge in [-0.15, -0.1) is 0 Å². The molecule has 0 spiro atoms. The fourth-order valence-corrected chi connectivity index (χ4v) is 1.35. The fourth-order valence-electron chi connectivity index (χ4n) is 0.849. The summed E-state index contributed by atoms with van der Waals surface area (Å²) in [6.07, 6.45) is 0. The van der Waals surface area contributed by atoms with Crippen molar-refractivity contribution in [1.29, 1.82) is 0 Å². The van der Waals surface area contributed by atoms with Crippen LogP contribution in [0.25, 0.3) is 0 Å². The van der Waals surface area contributed by atoms with Crippen LogP contribution in [0.3, 0.4) is 0 Å². The van der Waals surface area contributed by atoms with Crippen LogP contribution < -0.4 is 0 Å². The van der Waals surface area contributed by atoms with Crippen molar-refractivity contribution in [3.05, 3.63) is 54.6 Å². The Labute approximate surface area is 99.7 Å². The van der Waals surface area contributed by atoms with Crippen LogP contribution in [0, 0.1) is 0 Å². The number of rotatable bonds is 1. The van der Waals surface area contributed by atoms with Crippen LogP contribution in [-0.2, 0) is 27.2 Å². The molecule has 0 heterocycles. The zero-order valence-electron chi connectivity index (χ0n) is 7.72. The van der Waals surface area contributed by atoms with E-state index in [-0.39, 0.29) is 22.0 Å². The van der Waals surface area contributed by atoms with Crippen LogP contribution in [0.5, 0.6) is 0 Å². The molecule has 0 radical (unpaired) electrons. The molecule has 1 N–H and O–H groups in total. The predicted molar refractivity (Wildman–Crippen MR) is 53.9 cm³/mol. The standard InChI is InChI=1S/C5H5O3S.C5H5.Fe/c6-9(7,8)5-3-1-2-4-5;1-2-4-5-3-1;/h1-4H,(H,6,7,8);1-5H;/q-1;-5;. The first-order valence-corrected chi connectivity index (χ1v) is 5.40. The molecule has 2 aromatic rings. The molecule has 0 fully saturated rings. The molecule has 0 amide bonds. The first kappa shape index (κ1) is 14.1. The summed E-state index contributed by atoms with van der Waals surface area (Å²) in [5, 5.41) is 0. The maximum absolute atomic E-state index is 10.2. The van der Waals surface area contributed by atoms with Crippen LogP contribution in [0.15, 0.2) is 59.5 Å². The minimum absolute atomic E-state index is 0. The minimum Gasteiger partial charge on any atom is -0.748 e. The molecule has 0 bridgehead atoms. The van der Waals surface area contributed by atoms with E-state index in [4.69, 9.17) is 4.55 Å². The molecule has 0 aliphatic carbocycles. The first-order valence-electron chi connectivity index (χ1n) is 3.96. The summed E-state index contributed by atoms with van der Waals surface area (Å²) >= 11 is 0. The average molecular weight is 266 g/mol. The van der Waals surface area contributed by atoms with Gasteiger partial charge in [0.15, 0.2) is 0 Å². The van der Waals surface area contributed by atoms with E-state index in [1.807, 2.05) is 30.3 Å². The topological polar surface area (TPSA) is 54.4 Å². The molecule has 0 saturated heterocycles. The second-order valence-electron chi connectivity index (χ2n) is 2.56. The molecule has 3 nitrogen and oxygen atoms in total. The van der Waals surface area contributed by atoms with Crippen LogP contribution in [0.2, 0.25) is 0 Å². The Morgan fingerprint density at radius 1 is 0.933 bits per heavy atom. The second-order valence-corrected chi connectivity index (χ2v) is 3.98. The van der Waals surface area contributed by atoms with Gasteiger partial charge in [0.1, 0.15) is 0 Å². The Kier molecular flexibility index (Phi) is 6.20. The van der Waals surface area contributed by atoms with E-state index in [0.29, 0.717) is 0 Å². The summed E-state index contributed by atoms with van der Waals surface area (Å²) in [4.78, 5) is -0.0532. The number of hydrogen-bond acceptors (Lipinski definition) is 2. The van der Waals surface area contributed by atoms with E-state index in [1.54, 1.807) is 12.1 Å². The Morgan fingerprint density at radius 3 is 1.47 bits per heavy atom. The van der Waals surface area contributed by atoms with E-state index in [1.165, 1.54) is 12.1 Å². The summed E-state index contributed by atoms with van der Waals surface area (Å²) < 4.78 is 28.8.